The van der Waals surface area contributed by atoms with Crippen LogP contribution in [0.5, 0.6) is 0 Å². The van der Waals surface area contributed by atoms with Crippen LogP contribution in [-0.2, 0) is 20.0 Å². The highest BCUT2D eigenvalue weighted by atomic mass is 32.2. The van der Waals surface area contributed by atoms with Crippen LogP contribution in [0.2, 0.25) is 0 Å². The van der Waals surface area contributed by atoms with Crippen LogP contribution in [0, 0.1) is 12.7 Å². The summed E-state index contributed by atoms with van der Waals surface area (Å²) in [6.07, 6.45) is 0. The summed E-state index contributed by atoms with van der Waals surface area (Å²) in [6, 6.07) is 17.2. The van der Waals surface area contributed by atoms with Crippen molar-refractivity contribution in [1.29, 1.82) is 0 Å². The lowest BCUT2D eigenvalue weighted by molar-refractivity contribution is 0.569. The molecule has 6 nitrogen and oxygen atoms in total. The first kappa shape index (κ1) is 19.8. The van der Waals surface area contributed by atoms with E-state index >= 15 is 0 Å². The molecule has 3 aromatic carbocycles. The first-order valence-corrected chi connectivity index (χ1v) is 11.1. The third-order valence-corrected chi connectivity index (χ3v) is 6.61. The van der Waals surface area contributed by atoms with Gasteiger partial charge in [0.15, 0.2) is 0 Å². The molecular weight excluding hydrogens is 403 g/mol. The summed E-state index contributed by atoms with van der Waals surface area (Å²) < 4.78 is 68.2. The zero-order valence-corrected chi connectivity index (χ0v) is 16.4. The standard InChI is InChI=1S/C19H17FN2O4S2/c1-14-7-12-18(20)19(13-14)28(25,26)22-16-8-10-17(11-9-16)27(23,24)21-15-5-3-2-4-6-15/h2-13,21-22H,1H3. The topological polar surface area (TPSA) is 92.3 Å². The molecule has 0 fully saturated rings. The normalized spacial score (nSPS) is 11.8. The van der Waals surface area contributed by atoms with E-state index in [2.05, 4.69) is 9.44 Å². The van der Waals surface area contributed by atoms with E-state index in [1.807, 2.05) is 0 Å². The number of halogens is 1. The van der Waals surface area contributed by atoms with E-state index in [4.69, 9.17) is 0 Å². The Balaban J connectivity index is 1.82. The largest absolute Gasteiger partial charge is 0.280 e. The molecule has 0 unspecified atom stereocenters. The Bertz CT molecular complexity index is 1190. The average Bonchev–Trinajstić information content (AvgIpc) is 2.64. The van der Waals surface area contributed by atoms with E-state index in [1.165, 1.54) is 36.4 Å². The van der Waals surface area contributed by atoms with Crippen LogP contribution >= 0.6 is 0 Å². The van der Waals surface area contributed by atoms with Crippen LogP contribution in [0.3, 0.4) is 0 Å². The van der Waals surface area contributed by atoms with Crippen molar-refractivity contribution >= 4 is 31.4 Å². The summed E-state index contributed by atoms with van der Waals surface area (Å²) in [5.74, 6) is -0.871. The van der Waals surface area contributed by atoms with Gasteiger partial charge in [0.2, 0.25) is 0 Å². The third kappa shape index (κ3) is 4.49. The van der Waals surface area contributed by atoms with Crippen LogP contribution in [0.4, 0.5) is 15.8 Å². The molecule has 2 N–H and O–H groups in total. The molecule has 146 valence electrons. The molecular formula is C19H17FN2O4S2. The number of aryl methyl sites for hydroxylation is 1. The summed E-state index contributed by atoms with van der Waals surface area (Å²) in [6.45, 7) is 1.65. The van der Waals surface area contributed by atoms with Crippen molar-refractivity contribution in [3.8, 4) is 0 Å². The quantitative estimate of drug-likeness (QED) is 0.635. The number of nitrogens with one attached hydrogen (secondary N) is 2. The Hall–Kier alpha value is -2.91. The minimum absolute atomic E-state index is 0.0407. The van der Waals surface area contributed by atoms with E-state index in [0.717, 1.165) is 6.07 Å². The smallest absolute Gasteiger partial charge is 0.264 e. The van der Waals surface area contributed by atoms with Crippen molar-refractivity contribution in [1.82, 2.24) is 0 Å². The maximum atomic E-state index is 13.9. The fourth-order valence-electron chi connectivity index (χ4n) is 2.45. The zero-order chi connectivity index (χ0) is 20.4. The molecule has 0 aromatic heterocycles. The van der Waals surface area contributed by atoms with Gasteiger partial charge in [-0.2, -0.15) is 0 Å². The van der Waals surface area contributed by atoms with E-state index in [1.54, 1.807) is 37.3 Å². The minimum atomic E-state index is -4.15. The van der Waals surface area contributed by atoms with E-state index < -0.39 is 30.8 Å². The second kappa shape index (κ2) is 7.61. The average molecular weight is 420 g/mol. The van der Waals surface area contributed by atoms with Gasteiger partial charge in [0.05, 0.1) is 4.90 Å². The Kier molecular flexibility index (Phi) is 5.39. The SMILES string of the molecule is Cc1ccc(F)c(S(=O)(=O)Nc2ccc(S(=O)(=O)Nc3ccccc3)cc2)c1. The van der Waals surface area contributed by atoms with Gasteiger partial charge >= 0.3 is 0 Å². The summed E-state index contributed by atoms with van der Waals surface area (Å²) in [5.41, 5.74) is 1.11. The van der Waals surface area contributed by atoms with Crippen molar-refractivity contribution in [2.75, 3.05) is 9.44 Å². The second-order valence-corrected chi connectivity index (χ2v) is 9.37. The number of anilines is 2. The third-order valence-electron chi connectivity index (χ3n) is 3.82. The predicted octanol–water partition coefficient (Wildman–Crippen LogP) is 3.74. The van der Waals surface area contributed by atoms with Gasteiger partial charge in [-0.05, 0) is 61.0 Å². The van der Waals surface area contributed by atoms with E-state index in [9.17, 15) is 21.2 Å². The lowest BCUT2D eigenvalue weighted by Crippen LogP contribution is -2.15. The number of sulfonamides is 2. The van der Waals surface area contributed by atoms with Crippen LogP contribution < -0.4 is 9.44 Å². The van der Waals surface area contributed by atoms with Gasteiger partial charge in [0.1, 0.15) is 10.7 Å². The number of para-hydroxylation sites is 1. The van der Waals surface area contributed by atoms with E-state index in [-0.39, 0.29) is 10.6 Å². The van der Waals surface area contributed by atoms with Crippen LogP contribution in [0.15, 0.2) is 82.6 Å². The molecule has 0 aliphatic heterocycles. The molecule has 0 saturated heterocycles. The molecule has 0 radical (unpaired) electrons. The lowest BCUT2D eigenvalue weighted by atomic mass is 10.2. The number of benzene rings is 3. The van der Waals surface area contributed by atoms with Gasteiger partial charge in [-0.15, -0.1) is 0 Å². The van der Waals surface area contributed by atoms with Gasteiger partial charge in [-0.1, -0.05) is 24.3 Å². The molecule has 28 heavy (non-hydrogen) atoms. The maximum Gasteiger partial charge on any atom is 0.264 e. The van der Waals surface area contributed by atoms with Crippen LogP contribution in [0.1, 0.15) is 5.56 Å². The lowest BCUT2D eigenvalue weighted by Gasteiger charge is -2.11. The zero-order valence-electron chi connectivity index (χ0n) is 14.8. The Labute approximate surface area is 163 Å². The molecule has 0 bridgehead atoms. The highest BCUT2D eigenvalue weighted by Gasteiger charge is 2.20. The van der Waals surface area contributed by atoms with Crippen molar-refractivity contribution in [3.05, 3.63) is 84.2 Å². The van der Waals surface area contributed by atoms with Gasteiger partial charge in [-0.25, -0.2) is 21.2 Å². The molecule has 3 rings (SSSR count). The first-order chi connectivity index (χ1) is 13.2. The number of rotatable bonds is 6. The maximum absolute atomic E-state index is 13.9. The van der Waals surface area contributed by atoms with Crippen molar-refractivity contribution < 1.29 is 21.2 Å². The molecule has 0 heterocycles. The molecule has 0 saturated carbocycles. The summed E-state index contributed by atoms with van der Waals surface area (Å²) in [5, 5.41) is 0. The van der Waals surface area contributed by atoms with Crippen LogP contribution in [-0.4, -0.2) is 16.8 Å². The summed E-state index contributed by atoms with van der Waals surface area (Å²) in [7, 11) is -7.98. The van der Waals surface area contributed by atoms with Crippen molar-refractivity contribution in [2.45, 2.75) is 16.7 Å². The van der Waals surface area contributed by atoms with Gasteiger partial charge in [0, 0.05) is 11.4 Å². The molecule has 9 heteroatoms. The molecule has 0 spiro atoms. The van der Waals surface area contributed by atoms with Crippen molar-refractivity contribution in [3.63, 3.8) is 0 Å². The highest BCUT2D eigenvalue weighted by Crippen LogP contribution is 2.22. The first-order valence-electron chi connectivity index (χ1n) is 8.14. The fourth-order valence-corrected chi connectivity index (χ4v) is 4.73. The molecule has 0 amide bonds. The van der Waals surface area contributed by atoms with E-state index in [0.29, 0.717) is 11.3 Å². The molecule has 0 aliphatic carbocycles. The Morgan fingerprint density at radius 2 is 1.29 bits per heavy atom. The van der Waals surface area contributed by atoms with Crippen molar-refractivity contribution in [2.24, 2.45) is 0 Å². The summed E-state index contributed by atoms with van der Waals surface area (Å²) in [4.78, 5) is -0.518. The van der Waals surface area contributed by atoms with Crippen LogP contribution in [0.25, 0.3) is 0 Å². The highest BCUT2D eigenvalue weighted by molar-refractivity contribution is 7.93. The Morgan fingerprint density at radius 1 is 0.714 bits per heavy atom. The molecule has 3 aromatic rings. The van der Waals surface area contributed by atoms with Gasteiger partial charge in [-0.3, -0.25) is 9.44 Å². The molecule has 0 aliphatic rings. The monoisotopic (exact) mass is 420 g/mol. The second-order valence-electron chi connectivity index (χ2n) is 6.04. The molecule has 0 atom stereocenters. The Morgan fingerprint density at radius 3 is 1.93 bits per heavy atom. The van der Waals surface area contributed by atoms with Gasteiger partial charge < -0.3 is 0 Å². The number of hydrogen-bond donors (Lipinski definition) is 2. The summed E-state index contributed by atoms with van der Waals surface area (Å²) >= 11 is 0. The van der Waals surface area contributed by atoms with Gasteiger partial charge in [0.25, 0.3) is 20.0 Å². The predicted molar refractivity (Wildman–Crippen MR) is 106 cm³/mol. The fraction of sp³-hybridized carbons (Fsp3) is 0.0526. The minimum Gasteiger partial charge on any atom is -0.280 e. The number of hydrogen-bond acceptors (Lipinski definition) is 4.